The highest BCUT2D eigenvalue weighted by molar-refractivity contribution is 6.08. The van der Waals surface area contributed by atoms with E-state index >= 15 is 0 Å². The van der Waals surface area contributed by atoms with E-state index in [1.807, 2.05) is 68.4 Å². The van der Waals surface area contributed by atoms with Crippen molar-refractivity contribution in [2.24, 2.45) is 0 Å². The van der Waals surface area contributed by atoms with Gasteiger partial charge in [-0.1, -0.05) is 30.3 Å². The molecule has 5 heteroatoms. The second kappa shape index (κ2) is 8.27. The van der Waals surface area contributed by atoms with Crippen LogP contribution in [0, 0.1) is 6.92 Å². The molecule has 0 radical (unpaired) electrons. The Morgan fingerprint density at radius 2 is 1.78 bits per heavy atom. The maximum atomic E-state index is 12.9. The van der Waals surface area contributed by atoms with E-state index in [4.69, 9.17) is 0 Å². The van der Waals surface area contributed by atoms with Gasteiger partial charge in [-0.3, -0.25) is 14.6 Å². The van der Waals surface area contributed by atoms with Gasteiger partial charge in [0.15, 0.2) is 0 Å². The number of hydrogen-bond donors (Lipinski definition) is 1. The molecule has 0 unspecified atom stereocenters. The number of hydrogen-bond acceptors (Lipinski definition) is 3. The summed E-state index contributed by atoms with van der Waals surface area (Å²) >= 11 is 0. The van der Waals surface area contributed by atoms with E-state index in [0.717, 1.165) is 11.3 Å². The molecule has 0 bridgehead atoms. The van der Waals surface area contributed by atoms with Crippen LogP contribution in [0.5, 0.6) is 0 Å². The van der Waals surface area contributed by atoms with Crippen molar-refractivity contribution in [3.63, 3.8) is 0 Å². The molecule has 3 rings (SSSR count). The molecule has 0 aliphatic rings. The summed E-state index contributed by atoms with van der Waals surface area (Å²) < 4.78 is 0. The first-order valence-electron chi connectivity index (χ1n) is 8.79. The molecular formula is C22H21N3O2. The van der Waals surface area contributed by atoms with Crippen molar-refractivity contribution in [3.8, 4) is 0 Å². The van der Waals surface area contributed by atoms with Crippen molar-refractivity contribution >= 4 is 23.2 Å². The number of para-hydroxylation sites is 1. The molecular weight excluding hydrogens is 338 g/mol. The van der Waals surface area contributed by atoms with Crippen LogP contribution in [-0.4, -0.2) is 23.3 Å². The Morgan fingerprint density at radius 1 is 1.00 bits per heavy atom. The van der Waals surface area contributed by atoms with Crippen LogP contribution in [0.15, 0.2) is 72.9 Å². The number of benzene rings is 2. The molecule has 5 nitrogen and oxygen atoms in total. The van der Waals surface area contributed by atoms with Crippen LogP contribution in [-0.2, 0) is 0 Å². The molecule has 0 fully saturated rings. The van der Waals surface area contributed by atoms with Gasteiger partial charge in [-0.2, -0.15) is 0 Å². The lowest BCUT2D eigenvalue weighted by Crippen LogP contribution is -2.30. The number of amides is 2. The van der Waals surface area contributed by atoms with Crippen LogP contribution in [0.2, 0.25) is 0 Å². The number of aryl methyl sites for hydroxylation is 1. The van der Waals surface area contributed by atoms with Crippen LogP contribution in [0.25, 0.3) is 0 Å². The summed E-state index contributed by atoms with van der Waals surface area (Å²) in [4.78, 5) is 31.2. The van der Waals surface area contributed by atoms with Crippen LogP contribution >= 0.6 is 0 Å². The molecule has 0 atom stereocenters. The molecule has 1 N–H and O–H groups in total. The average Bonchev–Trinajstić information content (AvgIpc) is 2.69. The van der Waals surface area contributed by atoms with Gasteiger partial charge in [0.05, 0.1) is 0 Å². The van der Waals surface area contributed by atoms with Gasteiger partial charge in [0, 0.05) is 29.7 Å². The Labute approximate surface area is 158 Å². The van der Waals surface area contributed by atoms with E-state index in [1.54, 1.807) is 11.0 Å². The average molecular weight is 359 g/mol. The minimum absolute atomic E-state index is 0.171. The monoisotopic (exact) mass is 359 g/mol. The number of nitrogens with zero attached hydrogens (tertiary/aromatic N) is 2. The zero-order valence-corrected chi connectivity index (χ0v) is 15.3. The van der Waals surface area contributed by atoms with E-state index < -0.39 is 0 Å². The highest BCUT2D eigenvalue weighted by atomic mass is 16.2. The number of pyridine rings is 1. The van der Waals surface area contributed by atoms with Gasteiger partial charge in [-0.05, 0) is 55.8 Å². The number of carbonyl (C=O) groups is 2. The SMILES string of the molecule is CCN(C(=O)c1ccnc(C(=O)Nc2cccc(C)c2)c1)c1ccccc1. The second-order valence-corrected chi connectivity index (χ2v) is 6.14. The van der Waals surface area contributed by atoms with E-state index in [2.05, 4.69) is 10.3 Å². The van der Waals surface area contributed by atoms with Gasteiger partial charge in [-0.15, -0.1) is 0 Å². The predicted molar refractivity (Wildman–Crippen MR) is 107 cm³/mol. The Kier molecular flexibility index (Phi) is 5.61. The fraction of sp³-hybridized carbons (Fsp3) is 0.136. The fourth-order valence-electron chi connectivity index (χ4n) is 2.81. The summed E-state index contributed by atoms with van der Waals surface area (Å²) in [5, 5.41) is 2.81. The van der Waals surface area contributed by atoms with Gasteiger partial charge in [0.25, 0.3) is 11.8 Å². The lowest BCUT2D eigenvalue weighted by molar-refractivity contribution is 0.0988. The molecule has 136 valence electrons. The number of rotatable bonds is 5. The van der Waals surface area contributed by atoms with Crippen molar-refractivity contribution in [2.75, 3.05) is 16.8 Å². The molecule has 0 saturated carbocycles. The van der Waals surface area contributed by atoms with Gasteiger partial charge in [-0.25, -0.2) is 0 Å². The third-order valence-electron chi connectivity index (χ3n) is 4.14. The van der Waals surface area contributed by atoms with Gasteiger partial charge >= 0.3 is 0 Å². The molecule has 0 saturated heterocycles. The van der Waals surface area contributed by atoms with Crippen molar-refractivity contribution in [3.05, 3.63) is 89.7 Å². The molecule has 1 aromatic heterocycles. The summed E-state index contributed by atoms with van der Waals surface area (Å²) in [6, 6.07) is 20.1. The third-order valence-corrected chi connectivity index (χ3v) is 4.14. The van der Waals surface area contributed by atoms with Crippen LogP contribution in [0.4, 0.5) is 11.4 Å². The predicted octanol–water partition coefficient (Wildman–Crippen LogP) is 4.31. The normalized spacial score (nSPS) is 10.3. The Bertz CT molecular complexity index is 955. The van der Waals surface area contributed by atoms with Crippen molar-refractivity contribution in [1.82, 2.24) is 4.98 Å². The number of aromatic nitrogens is 1. The maximum Gasteiger partial charge on any atom is 0.274 e. The number of anilines is 2. The smallest absolute Gasteiger partial charge is 0.274 e. The Morgan fingerprint density at radius 3 is 2.48 bits per heavy atom. The van der Waals surface area contributed by atoms with Crippen molar-refractivity contribution < 1.29 is 9.59 Å². The second-order valence-electron chi connectivity index (χ2n) is 6.14. The minimum atomic E-state index is -0.349. The van der Waals surface area contributed by atoms with Crippen molar-refractivity contribution in [2.45, 2.75) is 13.8 Å². The summed E-state index contributed by atoms with van der Waals surface area (Å²) in [6.07, 6.45) is 1.48. The Hall–Kier alpha value is -3.47. The van der Waals surface area contributed by atoms with E-state index in [-0.39, 0.29) is 17.5 Å². The van der Waals surface area contributed by atoms with Crippen LogP contribution in [0.1, 0.15) is 33.3 Å². The van der Waals surface area contributed by atoms with Crippen LogP contribution < -0.4 is 10.2 Å². The summed E-state index contributed by atoms with van der Waals surface area (Å²) in [5.74, 6) is -0.520. The minimum Gasteiger partial charge on any atom is -0.321 e. The summed E-state index contributed by atoms with van der Waals surface area (Å²) in [6.45, 7) is 4.39. The molecule has 0 aliphatic carbocycles. The van der Waals surface area contributed by atoms with Gasteiger partial charge in [0.2, 0.25) is 0 Å². The molecule has 2 aromatic carbocycles. The first kappa shape index (κ1) is 18.3. The maximum absolute atomic E-state index is 12.9. The Balaban J connectivity index is 1.82. The fourth-order valence-corrected chi connectivity index (χ4v) is 2.81. The quantitative estimate of drug-likeness (QED) is 0.738. The standard InChI is InChI=1S/C22H21N3O2/c1-3-25(19-10-5-4-6-11-19)22(27)17-12-13-23-20(15-17)21(26)24-18-9-7-8-16(2)14-18/h4-15H,3H2,1-2H3,(H,24,26). The number of carbonyl (C=O) groups excluding carboxylic acids is 2. The zero-order chi connectivity index (χ0) is 19.2. The highest BCUT2D eigenvalue weighted by Crippen LogP contribution is 2.17. The molecule has 2 amide bonds. The molecule has 1 heterocycles. The molecule has 3 aromatic rings. The van der Waals surface area contributed by atoms with E-state index in [1.165, 1.54) is 12.3 Å². The lowest BCUT2D eigenvalue weighted by atomic mass is 10.1. The van der Waals surface area contributed by atoms with Crippen molar-refractivity contribution in [1.29, 1.82) is 0 Å². The first-order valence-corrected chi connectivity index (χ1v) is 8.79. The lowest BCUT2D eigenvalue weighted by Gasteiger charge is -2.21. The summed E-state index contributed by atoms with van der Waals surface area (Å²) in [7, 11) is 0. The molecule has 0 spiro atoms. The largest absolute Gasteiger partial charge is 0.321 e. The van der Waals surface area contributed by atoms with E-state index in [9.17, 15) is 9.59 Å². The molecule has 0 aliphatic heterocycles. The molecule has 27 heavy (non-hydrogen) atoms. The highest BCUT2D eigenvalue weighted by Gasteiger charge is 2.18. The summed E-state index contributed by atoms with van der Waals surface area (Å²) in [5.41, 5.74) is 3.17. The van der Waals surface area contributed by atoms with Gasteiger partial charge in [0.1, 0.15) is 5.69 Å². The zero-order valence-electron chi connectivity index (χ0n) is 15.3. The topological polar surface area (TPSA) is 62.3 Å². The number of nitrogens with one attached hydrogen (secondary N) is 1. The first-order chi connectivity index (χ1) is 13.1. The van der Waals surface area contributed by atoms with Gasteiger partial charge < -0.3 is 10.2 Å². The van der Waals surface area contributed by atoms with Crippen LogP contribution in [0.3, 0.4) is 0 Å². The van der Waals surface area contributed by atoms with E-state index in [0.29, 0.717) is 17.8 Å². The third kappa shape index (κ3) is 4.39.